The van der Waals surface area contributed by atoms with Crippen molar-refractivity contribution >= 4 is 11.9 Å². The average Bonchev–Trinajstić information content (AvgIpc) is 2.77. The molecule has 0 amide bonds. The van der Waals surface area contributed by atoms with Gasteiger partial charge in [0.2, 0.25) is 0 Å². The number of ether oxygens (including phenoxy) is 3. The van der Waals surface area contributed by atoms with E-state index < -0.39 is 11.9 Å². The van der Waals surface area contributed by atoms with Crippen LogP contribution in [0.4, 0.5) is 0 Å². The van der Waals surface area contributed by atoms with Crippen molar-refractivity contribution in [2.75, 3.05) is 6.61 Å². The molecule has 0 aliphatic heterocycles. The van der Waals surface area contributed by atoms with E-state index in [1.807, 2.05) is 61.5 Å². The van der Waals surface area contributed by atoms with Gasteiger partial charge in [-0.15, -0.1) is 0 Å². The lowest BCUT2D eigenvalue weighted by Crippen LogP contribution is -2.18. The van der Waals surface area contributed by atoms with Crippen molar-refractivity contribution in [2.45, 2.75) is 20.0 Å². The Balaban J connectivity index is 1.49. The summed E-state index contributed by atoms with van der Waals surface area (Å²) in [6, 6.07) is 23.2. The fraction of sp³-hybridized carbons (Fsp3) is 0.167. The molecule has 5 nitrogen and oxygen atoms in total. The molecule has 0 unspecified atom stereocenters. The van der Waals surface area contributed by atoms with Gasteiger partial charge in [0.25, 0.3) is 0 Å². The minimum atomic E-state index is -0.518. The second kappa shape index (κ2) is 10.1. The van der Waals surface area contributed by atoms with Crippen molar-refractivity contribution in [3.05, 3.63) is 95.6 Å². The summed E-state index contributed by atoms with van der Waals surface area (Å²) in [4.78, 5) is 24.1. The number of rotatable bonds is 8. The van der Waals surface area contributed by atoms with E-state index in [-0.39, 0.29) is 13.2 Å². The summed E-state index contributed by atoms with van der Waals surface area (Å²) in [5.41, 5.74) is 2.32. The summed E-state index contributed by atoms with van der Waals surface area (Å²) in [6.45, 7) is 2.03. The smallest absolute Gasteiger partial charge is 0.349 e. The molecule has 0 aliphatic carbocycles. The quantitative estimate of drug-likeness (QED) is 0.416. The molecule has 148 valence electrons. The number of benzene rings is 3. The molecule has 0 N–H and O–H groups in total. The Morgan fingerprint density at radius 1 is 0.828 bits per heavy atom. The van der Waals surface area contributed by atoms with Gasteiger partial charge in [-0.25, -0.2) is 9.59 Å². The minimum Gasteiger partial charge on any atom is -0.482 e. The highest BCUT2D eigenvalue weighted by molar-refractivity contribution is 5.89. The monoisotopic (exact) mass is 390 g/mol. The summed E-state index contributed by atoms with van der Waals surface area (Å²) >= 11 is 0. The number of para-hydroxylation sites is 1. The number of hydrogen-bond donors (Lipinski definition) is 0. The van der Waals surface area contributed by atoms with Crippen LogP contribution in [0.15, 0.2) is 78.9 Å². The van der Waals surface area contributed by atoms with E-state index in [1.54, 1.807) is 24.3 Å². The van der Waals surface area contributed by atoms with Gasteiger partial charge in [-0.1, -0.05) is 55.5 Å². The van der Waals surface area contributed by atoms with Gasteiger partial charge in [0.1, 0.15) is 18.1 Å². The first-order chi connectivity index (χ1) is 14.2. The molecule has 0 heterocycles. The first-order valence-electron chi connectivity index (χ1n) is 9.38. The molecule has 5 heteroatoms. The van der Waals surface area contributed by atoms with Crippen LogP contribution in [0, 0.1) is 0 Å². The Hall–Kier alpha value is -3.60. The zero-order valence-corrected chi connectivity index (χ0v) is 16.2. The molecule has 0 aliphatic rings. The zero-order valence-electron chi connectivity index (χ0n) is 16.2. The summed E-state index contributed by atoms with van der Waals surface area (Å²) in [7, 11) is 0. The minimum absolute atomic E-state index is 0.197. The molecular weight excluding hydrogens is 368 g/mol. The fourth-order valence-corrected chi connectivity index (χ4v) is 2.70. The van der Waals surface area contributed by atoms with Gasteiger partial charge in [0.05, 0.1) is 5.56 Å². The lowest BCUT2D eigenvalue weighted by molar-refractivity contribution is -0.136. The molecule has 0 spiro atoms. The molecule has 0 fully saturated rings. The Morgan fingerprint density at radius 3 is 2.24 bits per heavy atom. The SMILES string of the molecule is CCc1ccccc1OCC(=O)Oc1ccc(C(=O)OCc2ccccc2)cc1. The van der Waals surface area contributed by atoms with Crippen molar-refractivity contribution in [3.8, 4) is 11.5 Å². The molecule has 3 rings (SSSR count). The van der Waals surface area contributed by atoms with E-state index in [4.69, 9.17) is 14.2 Å². The van der Waals surface area contributed by atoms with Crippen LogP contribution in [0.2, 0.25) is 0 Å². The molecule has 0 radical (unpaired) electrons. The van der Waals surface area contributed by atoms with Gasteiger partial charge in [-0.3, -0.25) is 0 Å². The van der Waals surface area contributed by atoms with Crippen LogP contribution in [0.3, 0.4) is 0 Å². The zero-order chi connectivity index (χ0) is 20.5. The van der Waals surface area contributed by atoms with E-state index in [1.165, 1.54) is 0 Å². The molecular formula is C24H22O5. The first kappa shape index (κ1) is 20.1. The van der Waals surface area contributed by atoms with Gasteiger partial charge < -0.3 is 14.2 Å². The van der Waals surface area contributed by atoms with Crippen LogP contribution in [-0.4, -0.2) is 18.5 Å². The van der Waals surface area contributed by atoms with Crippen LogP contribution >= 0.6 is 0 Å². The summed E-state index contributed by atoms with van der Waals surface area (Å²) in [6.07, 6.45) is 0.813. The maximum absolute atomic E-state index is 12.1. The lowest BCUT2D eigenvalue weighted by Gasteiger charge is -2.10. The van der Waals surface area contributed by atoms with Gasteiger partial charge in [-0.2, -0.15) is 0 Å². The van der Waals surface area contributed by atoms with Gasteiger partial charge in [0, 0.05) is 0 Å². The predicted molar refractivity (Wildman–Crippen MR) is 109 cm³/mol. The van der Waals surface area contributed by atoms with Gasteiger partial charge >= 0.3 is 11.9 Å². The standard InChI is InChI=1S/C24H22O5/c1-2-19-10-6-7-11-22(19)27-17-23(25)29-21-14-12-20(13-15-21)24(26)28-16-18-8-4-3-5-9-18/h3-15H,2,16-17H2,1H3. The fourth-order valence-electron chi connectivity index (χ4n) is 2.70. The van der Waals surface area contributed by atoms with E-state index in [2.05, 4.69) is 0 Å². The van der Waals surface area contributed by atoms with Crippen LogP contribution in [0.1, 0.15) is 28.4 Å². The van der Waals surface area contributed by atoms with Crippen molar-refractivity contribution in [2.24, 2.45) is 0 Å². The van der Waals surface area contributed by atoms with Crippen LogP contribution in [-0.2, 0) is 22.6 Å². The maximum atomic E-state index is 12.1. The number of esters is 2. The second-order valence-electron chi connectivity index (χ2n) is 6.31. The molecule has 0 aromatic heterocycles. The second-order valence-corrected chi connectivity index (χ2v) is 6.31. The molecule has 0 saturated heterocycles. The summed E-state index contributed by atoms with van der Waals surface area (Å²) in [5.74, 6) is 0.0481. The topological polar surface area (TPSA) is 61.8 Å². The van der Waals surface area contributed by atoms with E-state index in [9.17, 15) is 9.59 Å². The summed E-state index contributed by atoms with van der Waals surface area (Å²) in [5, 5.41) is 0. The number of carbonyl (C=O) groups is 2. The highest BCUT2D eigenvalue weighted by Gasteiger charge is 2.11. The number of carbonyl (C=O) groups excluding carboxylic acids is 2. The molecule has 0 saturated carbocycles. The third kappa shape index (κ3) is 5.94. The largest absolute Gasteiger partial charge is 0.482 e. The maximum Gasteiger partial charge on any atom is 0.349 e. The number of aryl methyl sites for hydroxylation is 1. The average molecular weight is 390 g/mol. The van der Waals surface area contributed by atoms with Crippen molar-refractivity contribution in [1.82, 2.24) is 0 Å². The van der Waals surface area contributed by atoms with Crippen molar-refractivity contribution in [3.63, 3.8) is 0 Å². The predicted octanol–water partition coefficient (Wildman–Crippen LogP) is 4.59. The first-order valence-corrected chi connectivity index (χ1v) is 9.38. The van der Waals surface area contributed by atoms with E-state index >= 15 is 0 Å². The molecule has 0 bridgehead atoms. The van der Waals surface area contributed by atoms with Gasteiger partial charge in [-0.05, 0) is 47.9 Å². The Morgan fingerprint density at radius 2 is 1.52 bits per heavy atom. The van der Waals surface area contributed by atoms with E-state index in [0.717, 1.165) is 17.5 Å². The van der Waals surface area contributed by atoms with Gasteiger partial charge in [0.15, 0.2) is 6.61 Å². The van der Waals surface area contributed by atoms with Crippen LogP contribution in [0.5, 0.6) is 11.5 Å². The summed E-state index contributed by atoms with van der Waals surface area (Å²) < 4.78 is 16.1. The van der Waals surface area contributed by atoms with Crippen molar-refractivity contribution in [1.29, 1.82) is 0 Å². The third-order valence-electron chi connectivity index (χ3n) is 4.23. The third-order valence-corrected chi connectivity index (χ3v) is 4.23. The Labute approximate surface area is 169 Å². The highest BCUT2D eigenvalue weighted by Crippen LogP contribution is 2.19. The van der Waals surface area contributed by atoms with E-state index in [0.29, 0.717) is 17.1 Å². The molecule has 3 aromatic carbocycles. The number of hydrogen-bond acceptors (Lipinski definition) is 5. The molecule has 29 heavy (non-hydrogen) atoms. The Bertz CT molecular complexity index is 949. The highest BCUT2D eigenvalue weighted by atomic mass is 16.6. The molecule has 0 atom stereocenters. The van der Waals surface area contributed by atoms with Crippen LogP contribution < -0.4 is 9.47 Å². The Kier molecular flexibility index (Phi) is 7.00. The normalized spacial score (nSPS) is 10.2. The molecule has 3 aromatic rings. The van der Waals surface area contributed by atoms with Crippen molar-refractivity contribution < 1.29 is 23.8 Å². The lowest BCUT2D eigenvalue weighted by atomic mass is 10.1. The van der Waals surface area contributed by atoms with Crippen LogP contribution in [0.25, 0.3) is 0 Å².